The summed E-state index contributed by atoms with van der Waals surface area (Å²) in [6.45, 7) is 0. The fourth-order valence-electron chi connectivity index (χ4n) is 3.42. The minimum Gasteiger partial charge on any atom is -0.216 e. The van der Waals surface area contributed by atoms with Crippen molar-refractivity contribution in [2.24, 2.45) is 5.92 Å². The van der Waals surface area contributed by atoms with Gasteiger partial charge in [-0.05, 0) is 68.1 Å². The maximum absolute atomic E-state index is 13.7. The van der Waals surface area contributed by atoms with Gasteiger partial charge in [-0.25, -0.2) is 8.78 Å². The van der Waals surface area contributed by atoms with Crippen molar-refractivity contribution in [2.75, 3.05) is 0 Å². The number of unbranched alkanes of at least 4 members (excludes halogenated alkanes) is 2. The van der Waals surface area contributed by atoms with Gasteiger partial charge in [0.25, 0.3) is 0 Å². The van der Waals surface area contributed by atoms with Gasteiger partial charge in [0.1, 0.15) is 11.9 Å². The van der Waals surface area contributed by atoms with Crippen molar-refractivity contribution in [1.29, 1.82) is 5.26 Å². The van der Waals surface area contributed by atoms with E-state index in [0.29, 0.717) is 12.2 Å². The summed E-state index contributed by atoms with van der Waals surface area (Å²) < 4.78 is 25.5. The highest BCUT2D eigenvalue weighted by atomic mass is 19.1. The Morgan fingerprint density at radius 1 is 1.18 bits per heavy atom. The lowest BCUT2D eigenvalue weighted by Gasteiger charge is -2.29. The van der Waals surface area contributed by atoms with Crippen LogP contribution in [0.1, 0.15) is 68.4 Å². The first-order valence-electron chi connectivity index (χ1n) is 8.19. The van der Waals surface area contributed by atoms with E-state index in [1.807, 2.05) is 12.1 Å². The molecule has 22 heavy (non-hydrogen) atoms. The number of hydrogen-bond acceptors (Lipinski definition) is 1. The van der Waals surface area contributed by atoms with E-state index in [-0.39, 0.29) is 5.56 Å². The molecule has 0 heterocycles. The van der Waals surface area contributed by atoms with E-state index in [9.17, 15) is 8.78 Å². The highest BCUT2D eigenvalue weighted by molar-refractivity contribution is 5.34. The molecular formula is C19H23F2N. The minimum absolute atomic E-state index is 0.125. The molecule has 0 spiro atoms. The van der Waals surface area contributed by atoms with Crippen LogP contribution in [0.4, 0.5) is 8.78 Å². The Hall–Kier alpha value is -1.69. The molecule has 0 amide bonds. The number of allylic oxidation sites excluding steroid dienone is 1. The van der Waals surface area contributed by atoms with Crippen molar-refractivity contribution in [1.82, 2.24) is 0 Å². The number of benzene rings is 1. The molecule has 1 aliphatic rings. The zero-order valence-electron chi connectivity index (χ0n) is 12.9. The quantitative estimate of drug-likeness (QED) is 0.590. The van der Waals surface area contributed by atoms with Crippen LogP contribution in [-0.2, 0) is 0 Å². The molecule has 0 aliphatic heterocycles. The predicted octanol–water partition coefficient (Wildman–Crippen LogP) is 6.01. The number of hydrogen-bond donors (Lipinski definition) is 0. The second-order valence-electron chi connectivity index (χ2n) is 6.21. The van der Waals surface area contributed by atoms with Gasteiger partial charge < -0.3 is 0 Å². The summed E-state index contributed by atoms with van der Waals surface area (Å²) in [4.78, 5) is 0. The van der Waals surface area contributed by atoms with Crippen molar-refractivity contribution >= 4 is 0 Å². The Balaban J connectivity index is 1.77. The molecule has 1 nitrogen and oxygen atoms in total. The van der Waals surface area contributed by atoms with Crippen molar-refractivity contribution < 1.29 is 8.78 Å². The average molecular weight is 303 g/mol. The van der Waals surface area contributed by atoms with Crippen LogP contribution < -0.4 is 0 Å². The fourth-order valence-corrected chi connectivity index (χ4v) is 3.42. The van der Waals surface area contributed by atoms with Gasteiger partial charge in [0.2, 0.25) is 0 Å². The smallest absolute Gasteiger partial charge is 0.141 e. The van der Waals surface area contributed by atoms with Crippen LogP contribution in [-0.4, -0.2) is 0 Å². The molecule has 118 valence electrons. The average Bonchev–Trinajstić information content (AvgIpc) is 2.55. The molecule has 1 aromatic carbocycles. The molecule has 0 radical (unpaired) electrons. The summed E-state index contributed by atoms with van der Waals surface area (Å²) in [6, 6.07) is 6.89. The molecule has 1 fully saturated rings. The van der Waals surface area contributed by atoms with Crippen LogP contribution in [0.25, 0.3) is 0 Å². The van der Waals surface area contributed by atoms with Crippen LogP contribution in [0.15, 0.2) is 30.6 Å². The Bertz CT molecular complexity index is 537. The Morgan fingerprint density at radius 3 is 2.59 bits per heavy atom. The van der Waals surface area contributed by atoms with E-state index in [2.05, 4.69) is 0 Å². The fraction of sp³-hybridized carbons (Fsp3) is 0.526. The van der Waals surface area contributed by atoms with E-state index in [1.165, 1.54) is 25.3 Å². The summed E-state index contributed by atoms with van der Waals surface area (Å²) in [5, 5.41) is 8.78. The SMILES string of the molecule is N#Cc1ccc([C@H]2CC[C@H](CCCC/C=C/F)CC2)cc1F. The van der Waals surface area contributed by atoms with Gasteiger partial charge in [-0.3, -0.25) is 0 Å². The second-order valence-corrected chi connectivity index (χ2v) is 6.21. The van der Waals surface area contributed by atoms with Crippen molar-refractivity contribution in [3.63, 3.8) is 0 Å². The van der Waals surface area contributed by atoms with Crippen LogP contribution in [0.3, 0.4) is 0 Å². The molecule has 0 atom stereocenters. The molecule has 1 aromatic rings. The lowest BCUT2D eigenvalue weighted by atomic mass is 9.77. The second kappa shape index (κ2) is 8.68. The highest BCUT2D eigenvalue weighted by Crippen LogP contribution is 2.38. The van der Waals surface area contributed by atoms with Gasteiger partial charge in [-0.2, -0.15) is 5.26 Å². The first-order valence-corrected chi connectivity index (χ1v) is 8.19. The molecule has 2 rings (SSSR count). The van der Waals surface area contributed by atoms with Crippen LogP contribution >= 0.6 is 0 Å². The molecular weight excluding hydrogens is 280 g/mol. The molecule has 0 bridgehead atoms. The van der Waals surface area contributed by atoms with Gasteiger partial charge in [-0.15, -0.1) is 0 Å². The summed E-state index contributed by atoms with van der Waals surface area (Å²) in [6.07, 6.45) is 11.0. The van der Waals surface area contributed by atoms with Crippen molar-refractivity contribution in [3.8, 4) is 6.07 Å². The molecule has 0 aromatic heterocycles. The Labute approximate surface area is 131 Å². The topological polar surface area (TPSA) is 23.8 Å². The lowest BCUT2D eigenvalue weighted by Crippen LogP contribution is -2.13. The van der Waals surface area contributed by atoms with Gasteiger partial charge >= 0.3 is 0 Å². The normalized spacial score (nSPS) is 21.9. The third kappa shape index (κ3) is 4.66. The van der Waals surface area contributed by atoms with E-state index < -0.39 is 5.82 Å². The van der Waals surface area contributed by atoms with E-state index >= 15 is 0 Å². The maximum atomic E-state index is 13.7. The van der Waals surface area contributed by atoms with Gasteiger partial charge in [-0.1, -0.05) is 25.0 Å². The first-order chi connectivity index (χ1) is 10.7. The summed E-state index contributed by atoms with van der Waals surface area (Å²) in [7, 11) is 0. The Kier molecular flexibility index (Phi) is 6.58. The lowest BCUT2D eigenvalue weighted by molar-refractivity contribution is 0.303. The number of nitrogens with zero attached hydrogens (tertiary/aromatic N) is 1. The van der Waals surface area contributed by atoms with Gasteiger partial charge in [0.15, 0.2) is 0 Å². The standard InChI is InChI=1S/C19H23F2N/c20-12-4-2-1-3-5-15-6-8-16(9-7-15)17-10-11-18(14-22)19(21)13-17/h4,10-13,15-16H,1-3,5-9H2/b12-4+/t15-,16-. The Morgan fingerprint density at radius 2 is 1.95 bits per heavy atom. The third-order valence-corrected chi connectivity index (χ3v) is 4.75. The molecule has 0 unspecified atom stereocenters. The minimum atomic E-state index is -0.400. The van der Waals surface area contributed by atoms with Crippen LogP contribution in [0.5, 0.6) is 0 Å². The van der Waals surface area contributed by atoms with E-state index in [1.54, 1.807) is 12.1 Å². The third-order valence-electron chi connectivity index (χ3n) is 4.75. The zero-order valence-corrected chi connectivity index (χ0v) is 12.9. The molecule has 3 heteroatoms. The van der Waals surface area contributed by atoms with Gasteiger partial charge in [0.05, 0.1) is 11.9 Å². The van der Waals surface area contributed by atoms with Crippen LogP contribution in [0.2, 0.25) is 0 Å². The monoisotopic (exact) mass is 303 g/mol. The van der Waals surface area contributed by atoms with Crippen molar-refractivity contribution in [3.05, 3.63) is 47.5 Å². The molecule has 1 saturated carbocycles. The van der Waals surface area contributed by atoms with E-state index in [0.717, 1.165) is 43.6 Å². The predicted molar refractivity (Wildman–Crippen MR) is 84.5 cm³/mol. The molecule has 1 aliphatic carbocycles. The number of halogens is 2. The largest absolute Gasteiger partial charge is 0.216 e. The summed E-state index contributed by atoms with van der Waals surface area (Å²) >= 11 is 0. The molecule has 0 saturated heterocycles. The first kappa shape index (κ1) is 16.7. The number of rotatable bonds is 6. The maximum Gasteiger partial charge on any atom is 0.141 e. The zero-order chi connectivity index (χ0) is 15.8. The summed E-state index contributed by atoms with van der Waals surface area (Å²) in [5.74, 6) is 0.782. The number of nitriles is 1. The van der Waals surface area contributed by atoms with E-state index in [4.69, 9.17) is 5.26 Å². The summed E-state index contributed by atoms with van der Waals surface area (Å²) in [5.41, 5.74) is 1.16. The van der Waals surface area contributed by atoms with Crippen molar-refractivity contribution in [2.45, 2.75) is 57.3 Å². The highest BCUT2D eigenvalue weighted by Gasteiger charge is 2.22. The van der Waals surface area contributed by atoms with Gasteiger partial charge in [0, 0.05) is 0 Å². The van der Waals surface area contributed by atoms with Crippen LogP contribution in [0, 0.1) is 23.1 Å². The molecule has 0 N–H and O–H groups in total.